The Kier molecular flexibility index (Phi) is 4.26. The minimum absolute atomic E-state index is 0.507. The van der Waals surface area contributed by atoms with Gasteiger partial charge in [-0.05, 0) is 29.0 Å². The number of nitrogens with two attached hydrogens (primary N) is 1. The highest BCUT2D eigenvalue weighted by Crippen LogP contribution is 2.16. The molecule has 1 aliphatic rings. The Bertz CT molecular complexity index is 574. The predicted molar refractivity (Wildman–Crippen MR) is 80.1 cm³/mol. The van der Waals surface area contributed by atoms with E-state index in [1.807, 2.05) is 12.1 Å². The highest BCUT2D eigenvalue weighted by molar-refractivity contribution is 5.44. The van der Waals surface area contributed by atoms with Crippen molar-refractivity contribution in [2.24, 2.45) is 5.73 Å². The third-order valence-electron chi connectivity index (χ3n) is 4.10. The van der Waals surface area contributed by atoms with Crippen molar-refractivity contribution >= 4 is 11.5 Å². The summed E-state index contributed by atoms with van der Waals surface area (Å²) in [6.45, 7) is 6.92. The van der Waals surface area contributed by atoms with Crippen LogP contribution in [0.4, 0.5) is 5.82 Å². The molecule has 114 valence electrons. The van der Waals surface area contributed by atoms with Gasteiger partial charge in [0.25, 0.3) is 0 Å². The molecule has 2 aromatic heterocycles. The highest BCUT2D eigenvalue weighted by atomic mass is 15.6. The number of tetrazole rings is 1. The number of hydrogen-bond donors (Lipinski definition) is 1. The zero-order chi connectivity index (χ0) is 14.7. The summed E-state index contributed by atoms with van der Waals surface area (Å²) < 4.78 is 1.47. The molecular weight excluding hydrogens is 268 g/mol. The van der Waals surface area contributed by atoms with Crippen LogP contribution in [-0.4, -0.2) is 68.9 Å². The molecule has 2 N–H and O–H groups in total. The van der Waals surface area contributed by atoms with Crippen LogP contribution in [0.2, 0.25) is 0 Å². The van der Waals surface area contributed by atoms with Crippen LogP contribution in [0.15, 0.2) is 12.1 Å². The SMILES string of the molecule is CCCC(CN)N1CCN(c2ccc3nnnn3n2)CC1. The molecule has 8 nitrogen and oxygen atoms in total. The van der Waals surface area contributed by atoms with E-state index in [2.05, 4.69) is 37.3 Å². The van der Waals surface area contributed by atoms with Crippen LogP contribution in [0.3, 0.4) is 0 Å². The van der Waals surface area contributed by atoms with E-state index in [0.717, 1.165) is 38.5 Å². The quantitative estimate of drug-likeness (QED) is 0.813. The molecule has 1 atom stereocenters. The molecule has 0 amide bonds. The molecule has 21 heavy (non-hydrogen) atoms. The van der Waals surface area contributed by atoms with E-state index in [4.69, 9.17) is 5.73 Å². The van der Waals surface area contributed by atoms with Crippen LogP contribution in [0.5, 0.6) is 0 Å². The lowest BCUT2D eigenvalue weighted by molar-refractivity contribution is 0.179. The van der Waals surface area contributed by atoms with Gasteiger partial charge in [-0.15, -0.1) is 14.8 Å². The Hall–Kier alpha value is -1.80. The van der Waals surface area contributed by atoms with E-state index in [1.54, 1.807) is 0 Å². The zero-order valence-electron chi connectivity index (χ0n) is 12.4. The molecule has 2 aromatic rings. The first-order valence-electron chi connectivity index (χ1n) is 7.56. The molecule has 0 spiro atoms. The van der Waals surface area contributed by atoms with Crippen LogP contribution < -0.4 is 10.6 Å². The topological polar surface area (TPSA) is 88.5 Å². The van der Waals surface area contributed by atoms with Crippen molar-refractivity contribution in [2.45, 2.75) is 25.8 Å². The van der Waals surface area contributed by atoms with Gasteiger partial charge in [0.15, 0.2) is 11.5 Å². The van der Waals surface area contributed by atoms with Gasteiger partial charge in [-0.1, -0.05) is 13.3 Å². The number of rotatable bonds is 5. The summed E-state index contributed by atoms with van der Waals surface area (Å²) in [4.78, 5) is 4.77. The maximum Gasteiger partial charge on any atom is 0.200 e. The van der Waals surface area contributed by atoms with E-state index < -0.39 is 0 Å². The fraction of sp³-hybridized carbons (Fsp3) is 0.692. The monoisotopic (exact) mass is 290 g/mol. The van der Waals surface area contributed by atoms with Crippen LogP contribution >= 0.6 is 0 Å². The molecule has 0 saturated carbocycles. The van der Waals surface area contributed by atoms with Crippen molar-refractivity contribution in [3.63, 3.8) is 0 Å². The molecular formula is C13H22N8. The van der Waals surface area contributed by atoms with Crippen molar-refractivity contribution < 1.29 is 0 Å². The van der Waals surface area contributed by atoms with Crippen molar-refractivity contribution in [1.82, 2.24) is 30.2 Å². The summed E-state index contributed by atoms with van der Waals surface area (Å²) in [7, 11) is 0. The van der Waals surface area contributed by atoms with Crippen molar-refractivity contribution in [2.75, 3.05) is 37.6 Å². The van der Waals surface area contributed by atoms with Crippen LogP contribution in [0.1, 0.15) is 19.8 Å². The van der Waals surface area contributed by atoms with Gasteiger partial charge in [-0.3, -0.25) is 4.90 Å². The molecule has 1 unspecified atom stereocenters. The molecule has 3 rings (SSSR count). The second-order valence-electron chi connectivity index (χ2n) is 5.42. The van der Waals surface area contributed by atoms with Gasteiger partial charge in [0.2, 0.25) is 0 Å². The average molecular weight is 290 g/mol. The van der Waals surface area contributed by atoms with Crippen LogP contribution in [0, 0.1) is 0 Å². The number of anilines is 1. The van der Waals surface area contributed by atoms with E-state index >= 15 is 0 Å². The number of hydrogen-bond acceptors (Lipinski definition) is 7. The van der Waals surface area contributed by atoms with Gasteiger partial charge in [-0.25, -0.2) is 0 Å². The minimum atomic E-state index is 0.507. The number of nitrogens with zero attached hydrogens (tertiary/aromatic N) is 7. The lowest BCUT2D eigenvalue weighted by Gasteiger charge is -2.39. The molecule has 3 heterocycles. The highest BCUT2D eigenvalue weighted by Gasteiger charge is 2.23. The largest absolute Gasteiger partial charge is 0.353 e. The number of fused-ring (bicyclic) bond motifs is 1. The molecule has 1 fully saturated rings. The third kappa shape index (κ3) is 2.96. The smallest absolute Gasteiger partial charge is 0.200 e. The Morgan fingerprint density at radius 2 is 2.05 bits per heavy atom. The standard InChI is InChI=1S/C13H22N8/c1-2-3-11(10-14)19-6-8-20(9-7-19)13-5-4-12-15-17-18-21(12)16-13/h4-5,11H,2-3,6-10,14H2,1H3. The summed E-state index contributed by atoms with van der Waals surface area (Å²) in [5, 5.41) is 15.8. The van der Waals surface area contributed by atoms with Gasteiger partial charge < -0.3 is 10.6 Å². The van der Waals surface area contributed by atoms with E-state index in [-0.39, 0.29) is 0 Å². The van der Waals surface area contributed by atoms with Gasteiger partial charge in [-0.2, -0.15) is 0 Å². The molecule has 1 aliphatic heterocycles. The first kappa shape index (κ1) is 14.2. The molecule has 0 bridgehead atoms. The normalized spacial score (nSPS) is 18.3. The van der Waals surface area contributed by atoms with E-state index in [0.29, 0.717) is 11.7 Å². The third-order valence-corrected chi connectivity index (χ3v) is 4.10. The second-order valence-corrected chi connectivity index (χ2v) is 5.42. The zero-order valence-corrected chi connectivity index (χ0v) is 12.4. The number of piperazine rings is 1. The Labute approximate surface area is 123 Å². The molecule has 8 heteroatoms. The Balaban J connectivity index is 1.64. The first-order valence-corrected chi connectivity index (χ1v) is 7.56. The van der Waals surface area contributed by atoms with Crippen molar-refractivity contribution in [3.8, 4) is 0 Å². The fourth-order valence-electron chi connectivity index (χ4n) is 2.91. The molecule has 0 radical (unpaired) electrons. The predicted octanol–water partition coefficient (Wildman–Crippen LogP) is -0.231. The summed E-state index contributed by atoms with van der Waals surface area (Å²) in [6.07, 6.45) is 2.35. The summed E-state index contributed by atoms with van der Waals surface area (Å²) >= 11 is 0. The van der Waals surface area contributed by atoms with E-state index in [1.165, 1.54) is 17.5 Å². The molecule has 0 aliphatic carbocycles. The average Bonchev–Trinajstić information content (AvgIpc) is 3.00. The van der Waals surface area contributed by atoms with E-state index in [9.17, 15) is 0 Å². The Morgan fingerprint density at radius 1 is 1.24 bits per heavy atom. The minimum Gasteiger partial charge on any atom is -0.353 e. The van der Waals surface area contributed by atoms with Gasteiger partial charge in [0.05, 0.1) is 0 Å². The second kappa shape index (κ2) is 6.31. The maximum absolute atomic E-state index is 5.89. The lowest BCUT2D eigenvalue weighted by Crippen LogP contribution is -2.52. The van der Waals surface area contributed by atoms with Gasteiger partial charge in [0.1, 0.15) is 0 Å². The van der Waals surface area contributed by atoms with Crippen molar-refractivity contribution in [3.05, 3.63) is 12.1 Å². The maximum atomic E-state index is 5.89. The van der Waals surface area contributed by atoms with Gasteiger partial charge >= 0.3 is 0 Å². The summed E-state index contributed by atoms with van der Waals surface area (Å²) in [6, 6.07) is 4.38. The first-order chi connectivity index (χ1) is 10.3. The fourth-order valence-corrected chi connectivity index (χ4v) is 2.91. The van der Waals surface area contributed by atoms with Crippen molar-refractivity contribution in [1.29, 1.82) is 0 Å². The summed E-state index contributed by atoms with van der Waals surface area (Å²) in [5.74, 6) is 0.925. The van der Waals surface area contributed by atoms with Crippen LogP contribution in [0.25, 0.3) is 5.65 Å². The number of aromatic nitrogens is 5. The summed E-state index contributed by atoms with van der Waals surface area (Å²) in [5.41, 5.74) is 6.56. The molecule has 1 saturated heterocycles. The Morgan fingerprint density at radius 3 is 2.76 bits per heavy atom. The molecule has 0 aromatic carbocycles. The van der Waals surface area contributed by atoms with Gasteiger partial charge in [0, 0.05) is 38.8 Å². The lowest BCUT2D eigenvalue weighted by atomic mass is 10.1. The van der Waals surface area contributed by atoms with Crippen LogP contribution in [-0.2, 0) is 0 Å².